The lowest BCUT2D eigenvalue weighted by Crippen LogP contribution is -2.05. The Morgan fingerprint density at radius 2 is 2.05 bits per heavy atom. The van der Waals surface area contributed by atoms with Crippen LogP contribution in [0.2, 0.25) is 0 Å². The molecule has 2 aromatic heterocycles. The number of aryl methyl sites for hydroxylation is 3. The lowest BCUT2D eigenvalue weighted by atomic mass is 10.2. The second kappa shape index (κ2) is 4.12. The van der Waals surface area contributed by atoms with Crippen molar-refractivity contribution in [3.8, 4) is 0 Å². The third kappa shape index (κ3) is 1.87. The Hall–Kier alpha value is -2.30. The zero-order valence-electron chi connectivity index (χ0n) is 11.4. The average molecular weight is 255 g/mol. The molecule has 0 radical (unpaired) electrons. The SMILES string of the molecule is Cc1nn(C)cc1Cn1c(N)nc2cccc(C)c21. The minimum atomic E-state index is 0.549. The average Bonchev–Trinajstić information content (AvgIpc) is 2.82. The molecular weight excluding hydrogens is 238 g/mol. The summed E-state index contributed by atoms with van der Waals surface area (Å²) >= 11 is 0. The van der Waals surface area contributed by atoms with Crippen LogP contribution in [0.3, 0.4) is 0 Å². The van der Waals surface area contributed by atoms with E-state index in [1.807, 2.05) is 37.0 Å². The highest BCUT2D eigenvalue weighted by molar-refractivity contribution is 5.81. The third-order valence-corrected chi connectivity index (χ3v) is 3.44. The van der Waals surface area contributed by atoms with Crippen LogP contribution >= 0.6 is 0 Å². The van der Waals surface area contributed by atoms with Gasteiger partial charge in [-0.15, -0.1) is 0 Å². The maximum absolute atomic E-state index is 6.05. The van der Waals surface area contributed by atoms with E-state index < -0.39 is 0 Å². The number of benzene rings is 1. The number of hydrogen-bond acceptors (Lipinski definition) is 3. The molecule has 3 rings (SSSR count). The van der Waals surface area contributed by atoms with E-state index >= 15 is 0 Å². The molecule has 0 spiro atoms. The predicted octanol–water partition coefficient (Wildman–Crippen LogP) is 2.02. The summed E-state index contributed by atoms with van der Waals surface area (Å²) in [4.78, 5) is 4.42. The Labute approximate surface area is 111 Å². The molecule has 0 unspecified atom stereocenters. The lowest BCUT2D eigenvalue weighted by Gasteiger charge is -2.07. The van der Waals surface area contributed by atoms with Gasteiger partial charge in [0.2, 0.25) is 5.95 Å². The van der Waals surface area contributed by atoms with E-state index in [-0.39, 0.29) is 0 Å². The van der Waals surface area contributed by atoms with Gasteiger partial charge in [-0.2, -0.15) is 5.10 Å². The van der Waals surface area contributed by atoms with E-state index in [2.05, 4.69) is 27.6 Å². The second-order valence-corrected chi connectivity index (χ2v) is 4.91. The van der Waals surface area contributed by atoms with Gasteiger partial charge in [-0.05, 0) is 25.5 Å². The highest BCUT2D eigenvalue weighted by atomic mass is 15.3. The third-order valence-electron chi connectivity index (χ3n) is 3.44. The standard InChI is InChI=1S/C14H17N5/c1-9-5-4-6-12-13(9)19(14(15)16-12)8-11-7-18(3)17-10(11)2/h4-7H,8H2,1-3H3,(H2,15,16). The zero-order valence-corrected chi connectivity index (χ0v) is 11.4. The quantitative estimate of drug-likeness (QED) is 0.762. The number of fused-ring (bicyclic) bond motifs is 1. The van der Waals surface area contributed by atoms with Gasteiger partial charge in [0.1, 0.15) is 0 Å². The van der Waals surface area contributed by atoms with Crippen LogP contribution in [-0.4, -0.2) is 19.3 Å². The minimum absolute atomic E-state index is 0.549. The van der Waals surface area contributed by atoms with Crippen LogP contribution in [-0.2, 0) is 13.6 Å². The van der Waals surface area contributed by atoms with Crippen molar-refractivity contribution in [2.75, 3.05) is 5.73 Å². The monoisotopic (exact) mass is 255 g/mol. The van der Waals surface area contributed by atoms with Gasteiger partial charge in [0, 0.05) is 18.8 Å². The number of nitrogen functional groups attached to an aromatic ring is 1. The number of anilines is 1. The molecule has 5 heteroatoms. The van der Waals surface area contributed by atoms with Crippen LogP contribution in [0.1, 0.15) is 16.8 Å². The van der Waals surface area contributed by atoms with E-state index in [4.69, 9.17) is 5.73 Å². The topological polar surface area (TPSA) is 61.7 Å². The van der Waals surface area contributed by atoms with Crippen molar-refractivity contribution < 1.29 is 0 Å². The van der Waals surface area contributed by atoms with E-state index in [1.54, 1.807) is 0 Å². The molecule has 1 aromatic carbocycles. The van der Waals surface area contributed by atoms with Crippen LogP contribution in [0.5, 0.6) is 0 Å². The molecule has 19 heavy (non-hydrogen) atoms. The van der Waals surface area contributed by atoms with Crippen LogP contribution in [0.15, 0.2) is 24.4 Å². The lowest BCUT2D eigenvalue weighted by molar-refractivity contribution is 0.756. The highest BCUT2D eigenvalue weighted by Gasteiger charge is 2.12. The van der Waals surface area contributed by atoms with Crippen LogP contribution < -0.4 is 5.73 Å². The molecule has 3 aromatic rings. The van der Waals surface area contributed by atoms with Crippen molar-refractivity contribution in [1.82, 2.24) is 19.3 Å². The summed E-state index contributed by atoms with van der Waals surface area (Å²) in [6, 6.07) is 6.07. The molecule has 2 N–H and O–H groups in total. The first-order valence-electron chi connectivity index (χ1n) is 6.26. The molecule has 0 amide bonds. The molecular formula is C14H17N5. The Morgan fingerprint density at radius 1 is 1.26 bits per heavy atom. The maximum atomic E-state index is 6.05. The number of hydrogen-bond donors (Lipinski definition) is 1. The fourth-order valence-electron chi connectivity index (χ4n) is 2.52. The summed E-state index contributed by atoms with van der Waals surface area (Å²) in [5.41, 5.74) is 11.5. The van der Waals surface area contributed by atoms with Crippen molar-refractivity contribution in [1.29, 1.82) is 0 Å². The van der Waals surface area contributed by atoms with Gasteiger partial charge in [0.05, 0.1) is 23.3 Å². The van der Waals surface area contributed by atoms with Gasteiger partial charge in [-0.3, -0.25) is 4.68 Å². The van der Waals surface area contributed by atoms with Crippen molar-refractivity contribution >= 4 is 17.0 Å². The Morgan fingerprint density at radius 3 is 2.74 bits per heavy atom. The summed E-state index contributed by atoms with van der Waals surface area (Å²) in [5.74, 6) is 0.549. The Bertz CT molecular complexity index is 751. The Balaban J connectivity index is 2.15. The Kier molecular flexibility index (Phi) is 2.55. The summed E-state index contributed by atoms with van der Waals surface area (Å²) < 4.78 is 3.88. The molecule has 2 heterocycles. The zero-order chi connectivity index (χ0) is 13.6. The largest absolute Gasteiger partial charge is 0.369 e. The number of imidazole rings is 1. The molecule has 0 fully saturated rings. The van der Waals surface area contributed by atoms with Crippen LogP contribution in [0.4, 0.5) is 5.95 Å². The highest BCUT2D eigenvalue weighted by Crippen LogP contribution is 2.23. The molecule has 0 aliphatic rings. The minimum Gasteiger partial charge on any atom is -0.369 e. The van der Waals surface area contributed by atoms with E-state index in [9.17, 15) is 0 Å². The number of rotatable bonds is 2. The number of para-hydroxylation sites is 1. The molecule has 0 atom stereocenters. The van der Waals surface area contributed by atoms with Crippen molar-refractivity contribution in [3.05, 3.63) is 41.2 Å². The number of nitrogens with zero attached hydrogens (tertiary/aromatic N) is 4. The second-order valence-electron chi connectivity index (χ2n) is 4.91. The normalized spacial score (nSPS) is 11.3. The molecule has 0 saturated carbocycles. The van der Waals surface area contributed by atoms with E-state index in [0.717, 1.165) is 22.3 Å². The fourth-order valence-corrected chi connectivity index (χ4v) is 2.52. The molecule has 0 saturated heterocycles. The van der Waals surface area contributed by atoms with Crippen LogP contribution in [0, 0.1) is 13.8 Å². The smallest absolute Gasteiger partial charge is 0.201 e. The van der Waals surface area contributed by atoms with Gasteiger partial charge < -0.3 is 10.3 Å². The van der Waals surface area contributed by atoms with Crippen molar-refractivity contribution in [2.45, 2.75) is 20.4 Å². The van der Waals surface area contributed by atoms with Gasteiger partial charge in [0.15, 0.2) is 0 Å². The molecule has 0 bridgehead atoms. The number of nitrogens with two attached hydrogens (primary N) is 1. The number of aromatic nitrogens is 4. The predicted molar refractivity (Wildman–Crippen MR) is 75.9 cm³/mol. The maximum Gasteiger partial charge on any atom is 0.201 e. The summed E-state index contributed by atoms with van der Waals surface area (Å²) in [6.45, 7) is 4.79. The summed E-state index contributed by atoms with van der Waals surface area (Å²) in [6.07, 6.45) is 2.03. The summed E-state index contributed by atoms with van der Waals surface area (Å²) in [7, 11) is 1.93. The first-order chi connectivity index (χ1) is 9.06. The van der Waals surface area contributed by atoms with Crippen LogP contribution in [0.25, 0.3) is 11.0 Å². The molecule has 0 aliphatic carbocycles. The van der Waals surface area contributed by atoms with Gasteiger partial charge in [-0.1, -0.05) is 12.1 Å². The molecule has 0 aliphatic heterocycles. The summed E-state index contributed by atoms with van der Waals surface area (Å²) in [5, 5.41) is 4.37. The van der Waals surface area contributed by atoms with Crippen molar-refractivity contribution in [3.63, 3.8) is 0 Å². The molecule has 5 nitrogen and oxygen atoms in total. The van der Waals surface area contributed by atoms with E-state index in [0.29, 0.717) is 12.5 Å². The first kappa shape index (κ1) is 11.8. The van der Waals surface area contributed by atoms with Gasteiger partial charge in [-0.25, -0.2) is 4.98 Å². The first-order valence-corrected chi connectivity index (χ1v) is 6.26. The van der Waals surface area contributed by atoms with Gasteiger partial charge in [0.25, 0.3) is 0 Å². The fraction of sp³-hybridized carbons (Fsp3) is 0.286. The van der Waals surface area contributed by atoms with Crippen molar-refractivity contribution in [2.24, 2.45) is 7.05 Å². The van der Waals surface area contributed by atoms with E-state index in [1.165, 1.54) is 5.56 Å². The molecule has 98 valence electrons. The van der Waals surface area contributed by atoms with Gasteiger partial charge >= 0.3 is 0 Å².